The first-order valence-corrected chi connectivity index (χ1v) is 7.48. The lowest BCUT2D eigenvalue weighted by molar-refractivity contribution is -0.127. The van der Waals surface area contributed by atoms with Gasteiger partial charge in [0.1, 0.15) is 5.38 Å². The summed E-state index contributed by atoms with van der Waals surface area (Å²) in [6.45, 7) is 5.61. The smallest absolute Gasteiger partial charge is 0.169 e. The predicted molar refractivity (Wildman–Crippen MR) is 43.8 cm³/mol. The number of halogens is 4. The molecule has 68 valence electrons. The van der Waals surface area contributed by atoms with Crippen LogP contribution in [0.15, 0.2) is 0 Å². The van der Waals surface area contributed by atoms with E-state index >= 15 is 0 Å². The van der Waals surface area contributed by atoms with Crippen molar-refractivity contribution < 1.29 is 13.2 Å². The molecule has 0 aliphatic carbocycles. The first-order valence-electron chi connectivity index (χ1n) is 3.34. The Morgan fingerprint density at radius 3 is 1.73 bits per heavy atom. The van der Waals surface area contributed by atoms with Gasteiger partial charge in [0.05, 0.1) is 0 Å². The Morgan fingerprint density at radius 1 is 1.27 bits per heavy atom. The maximum Gasteiger partial charge on any atom is 0.404 e. The van der Waals surface area contributed by atoms with Crippen molar-refractivity contribution in [1.29, 1.82) is 0 Å². The van der Waals surface area contributed by atoms with Gasteiger partial charge in [-0.3, -0.25) is 0 Å². The lowest BCUT2D eigenvalue weighted by atomic mass is 10.5. The molecule has 0 aromatic heterocycles. The van der Waals surface area contributed by atoms with Gasteiger partial charge in [-0.15, -0.1) is 11.6 Å². The highest BCUT2D eigenvalue weighted by Gasteiger charge is 2.40. The molecular formula is C6H12ClF3Si. The fourth-order valence-electron chi connectivity index (χ4n) is 0.653. The van der Waals surface area contributed by atoms with Gasteiger partial charge >= 0.3 is 6.18 Å². The van der Waals surface area contributed by atoms with Crippen molar-refractivity contribution in [3.8, 4) is 0 Å². The standard InChI is InChI=1S/C6H12ClF3Si/c1-11(2,3)4-5(7)6(8,9)10/h5H,4H2,1-3H3. The fraction of sp³-hybridized carbons (Fsp3) is 1.00. The lowest BCUT2D eigenvalue weighted by Gasteiger charge is -2.21. The van der Waals surface area contributed by atoms with Crippen LogP contribution in [0.25, 0.3) is 0 Å². The summed E-state index contributed by atoms with van der Waals surface area (Å²) in [6, 6.07) is 0.0953. The van der Waals surface area contributed by atoms with Gasteiger partial charge in [0.15, 0.2) is 0 Å². The molecule has 0 aliphatic rings. The highest BCUT2D eigenvalue weighted by Crippen LogP contribution is 2.31. The predicted octanol–water partition coefficient (Wildman–Crippen LogP) is 3.49. The molecule has 0 rings (SSSR count). The third kappa shape index (κ3) is 5.55. The molecule has 1 unspecified atom stereocenters. The van der Waals surface area contributed by atoms with E-state index in [0.717, 1.165) is 0 Å². The van der Waals surface area contributed by atoms with Gasteiger partial charge in [-0.1, -0.05) is 19.6 Å². The summed E-state index contributed by atoms with van der Waals surface area (Å²) in [5, 5.41) is -1.66. The normalized spacial score (nSPS) is 16.6. The third-order valence-electron chi connectivity index (χ3n) is 1.15. The number of hydrogen-bond acceptors (Lipinski definition) is 0. The van der Waals surface area contributed by atoms with Crippen LogP contribution in [0.1, 0.15) is 0 Å². The van der Waals surface area contributed by atoms with Crippen molar-refractivity contribution in [2.45, 2.75) is 37.2 Å². The van der Waals surface area contributed by atoms with E-state index in [1.165, 1.54) is 0 Å². The minimum absolute atomic E-state index is 0.0953. The highest BCUT2D eigenvalue weighted by atomic mass is 35.5. The van der Waals surface area contributed by atoms with Crippen molar-refractivity contribution >= 4 is 19.7 Å². The highest BCUT2D eigenvalue weighted by molar-refractivity contribution is 6.76. The van der Waals surface area contributed by atoms with E-state index in [1.54, 1.807) is 0 Å². The Balaban J connectivity index is 3.99. The van der Waals surface area contributed by atoms with Crippen LogP contribution in [0.5, 0.6) is 0 Å². The Kier molecular flexibility index (Phi) is 3.44. The summed E-state index contributed by atoms with van der Waals surface area (Å²) in [5.41, 5.74) is 0. The molecule has 0 N–H and O–H groups in total. The van der Waals surface area contributed by atoms with Gasteiger partial charge in [0, 0.05) is 8.07 Å². The van der Waals surface area contributed by atoms with Crippen molar-refractivity contribution in [1.82, 2.24) is 0 Å². The summed E-state index contributed by atoms with van der Waals surface area (Å²) in [5.74, 6) is 0. The van der Waals surface area contributed by atoms with Gasteiger partial charge in [-0.05, 0) is 6.04 Å². The average molecular weight is 205 g/mol. The molecule has 1 atom stereocenters. The van der Waals surface area contributed by atoms with Crippen molar-refractivity contribution in [3.05, 3.63) is 0 Å². The Labute approximate surface area is 70.7 Å². The van der Waals surface area contributed by atoms with Crippen LogP contribution >= 0.6 is 11.6 Å². The number of hydrogen-bond donors (Lipinski definition) is 0. The summed E-state index contributed by atoms with van der Waals surface area (Å²) >= 11 is 5.15. The molecule has 0 saturated heterocycles. The van der Waals surface area contributed by atoms with E-state index in [2.05, 4.69) is 0 Å². The lowest BCUT2D eigenvalue weighted by Crippen LogP contribution is -2.32. The van der Waals surface area contributed by atoms with Gasteiger partial charge < -0.3 is 0 Å². The molecule has 0 nitrogen and oxygen atoms in total. The quantitative estimate of drug-likeness (QED) is 0.477. The molecule has 11 heavy (non-hydrogen) atoms. The van der Waals surface area contributed by atoms with Crippen LogP contribution in [0, 0.1) is 0 Å². The molecule has 0 aromatic carbocycles. The zero-order valence-corrected chi connectivity index (χ0v) is 8.55. The van der Waals surface area contributed by atoms with Gasteiger partial charge in [-0.25, -0.2) is 0 Å². The Bertz CT molecular complexity index is 127. The maximum atomic E-state index is 11.9. The zero-order chi connectivity index (χ0) is 9.28. The Hall–Kier alpha value is 0.297. The van der Waals surface area contributed by atoms with E-state index in [0.29, 0.717) is 0 Å². The number of alkyl halides is 4. The molecule has 0 saturated carbocycles. The zero-order valence-electron chi connectivity index (χ0n) is 6.80. The largest absolute Gasteiger partial charge is 0.404 e. The third-order valence-corrected chi connectivity index (χ3v) is 3.44. The topological polar surface area (TPSA) is 0 Å². The van der Waals surface area contributed by atoms with Crippen LogP contribution in [-0.2, 0) is 0 Å². The molecule has 0 radical (unpaired) electrons. The summed E-state index contributed by atoms with van der Waals surface area (Å²) in [7, 11) is -1.68. The van der Waals surface area contributed by atoms with E-state index in [1.807, 2.05) is 19.6 Å². The average Bonchev–Trinajstić information content (AvgIpc) is 1.56. The fourth-order valence-corrected chi connectivity index (χ4v) is 3.35. The van der Waals surface area contributed by atoms with Crippen molar-refractivity contribution in [2.75, 3.05) is 0 Å². The van der Waals surface area contributed by atoms with Gasteiger partial charge in [0.2, 0.25) is 0 Å². The minimum Gasteiger partial charge on any atom is -0.169 e. The van der Waals surface area contributed by atoms with Crippen molar-refractivity contribution in [2.24, 2.45) is 0 Å². The van der Waals surface area contributed by atoms with Crippen LogP contribution in [0.4, 0.5) is 13.2 Å². The van der Waals surface area contributed by atoms with E-state index in [9.17, 15) is 13.2 Å². The molecule has 0 aliphatic heterocycles. The molecule has 0 spiro atoms. The second kappa shape index (κ2) is 3.35. The van der Waals surface area contributed by atoms with Crippen LogP contribution in [-0.4, -0.2) is 19.6 Å². The minimum atomic E-state index is -4.23. The first-order chi connectivity index (χ1) is 4.63. The van der Waals surface area contributed by atoms with Crippen LogP contribution in [0.3, 0.4) is 0 Å². The van der Waals surface area contributed by atoms with Crippen molar-refractivity contribution in [3.63, 3.8) is 0 Å². The molecule has 5 heteroatoms. The molecular weight excluding hydrogens is 193 g/mol. The van der Waals surface area contributed by atoms with Crippen LogP contribution in [0.2, 0.25) is 25.7 Å². The molecule has 0 bridgehead atoms. The monoisotopic (exact) mass is 204 g/mol. The molecule has 0 heterocycles. The maximum absolute atomic E-state index is 11.9. The summed E-state index contributed by atoms with van der Waals surface area (Å²) < 4.78 is 35.6. The number of rotatable bonds is 2. The van der Waals surface area contributed by atoms with E-state index in [-0.39, 0.29) is 6.04 Å². The summed E-state index contributed by atoms with van der Waals surface area (Å²) in [4.78, 5) is 0. The molecule has 0 aromatic rings. The van der Waals surface area contributed by atoms with Crippen LogP contribution < -0.4 is 0 Å². The Morgan fingerprint density at radius 2 is 1.64 bits per heavy atom. The second-order valence-electron chi connectivity index (χ2n) is 3.77. The van der Waals surface area contributed by atoms with E-state index < -0.39 is 19.6 Å². The first kappa shape index (κ1) is 11.3. The second-order valence-corrected chi connectivity index (χ2v) is 9.83. The molecule has 0 amide bonds. The summed E-state index contributed by atoms with van der Waals surface area (Å²) in [6.07, 6.45) is -4.23. The SMILES string of the molecule is C[Si](C)(C)CC(Cl)C(F)(F)F. The van der Waals surface area contributed by atoms with Gasteiger partial charge in [0.25, 0.3) is 0 Å². The van der Waals surface area contributed by atoms with E-state index in [4.69, 9.17) is 11.6 Å². The van der Waals surface area contributed by atoms with Gasteiger partial charge in [-0.2, -0.15) is 13.2 Å². The molecule has 0 fully saturated rings.